The Morgan fingerprint density at radius 2 is 1.93 bits per heavy atom. The number of aromatic nitrogens is 2. The molecule has 0 amide bonds. The van der Waals surface area contributed by atoms with Gasteiger partial charge in [0.25, 0.3) is 0 Å². The number of nitrogens with zero attached hydrogens (tertiary/aromatic N) is 1. The molecule has 1 N–H and O–H groups in total. The molecule has 3 aliphatic carbocycles. The van der Waals surface area contributed by atoms with Crippen molar-refractivity contribution in [1.29, 1.82) is 0 Å². The first kappa shape index (κ1) is 18.6. The van der Waals surface area contributed by atoms with E-state index in [1.807, 2.05) is 6.20 Å². The molecule has 1 aromatic rings. The van der Waals surface area contributed by atoms with Crippen LogP contribution in [-0.2, 0) is 22.4 Å². The van der Waals surface area contributed by atoms with E-state index < -0.39 is 0 Å². The Hall–Kier alpha value is -1.71. The molecule has 146 valence electrons. The summed E-state index contributed by atoms with van der Waals surface area (Å²) in [6, 6.07) is 0. The molecule has 4 rings (SSSR count). The number of nitrogens with one attached hydrogen (secondary N) is 1. The van der Waals surface area contributed by atoms with Gasteiger partial charge in [0.05, 0.1) is 6.20 Å². The number of fused-ring (bicyclic) bond motifs is 2. The third-order valence-electron chi connectivity index (χ3n) is 8.75. The molecule has 1 aromatic heterocycles. The van der Waals surface area contributed by atoms with Crippen molar-refractivity contribution in [3.63, 3.8) is 0 Å². The van der Waals surface area contributed by atoms with E-state index >= 15 is 0 Å². The largest absolute Gasteiger partial charge is 0.303 e. The van der Waals surface area contributed by atoms with Crippen LogP contribution < -0.4 is 0 Å². The van der Waals surface area contributed by atoms with E-state index in [0.29, 0.717) is 18.3 Å². The summed E-state index contributed by atoms with van der Waals surface area (Å²) in [4.78, 5) is 24.4. The van der Waals surface area contributed by atoms with E-state index in [2.05, 4.69) is 37.5 Å². The molecule has 0 spiro atoms. The van der Waals surface area contributed by atoms with Gasteiger partial charge in [-0.15, -0.1) is 0 Å². The van der Waals surface area contributed by atoms with Crippen molar-refractivity contribution in [2.24, 2.45) is 40.4 Å². The minimum absolute atomic E-state index is 0.0361. The van der Waals surface area contributed by atoms with Crippen molar-refractivity contribution in [3.8, 4) is 0 Å². The number of carbonyl (C=O) groups is 2. The highest BCUT2D eigenvalue weighted by Crippen LogP contribution is 2.63. The lowest BCUT2D eigenvalue weighted by atomic mass is 9.49. The summed E-state index contributed by atoms with van der Waals surface area (Å²) in [6.07, 6.45) is 10.2. The highest BCUT2D eigenvalue weighted by Gasteiger charge is 2.58. The second-order valence-corrected chi connectivity index (χ2v) is 9.95. The number of hydrogen-bond acceptors (Lipinski definition) is 3. The average molecular weight is 369 g/mol. The minimum atomic E-state index is -0.174. The number of H-pyrrole nitrogens is 1. The monoisotopic (exact) mass is 368 g/mol. The van der Waals surface area contributed by atoms with Gasteiger partial charge in [-0.2, -0.15) is 5.10 Å². The van der Waals surface area contributed by atoms with Crippen LogP contribution in [0.3, 0.4) is 0 Å². The quantitative estimate of drug-likeness (QED) is 0.641. The molecule has 0 bridgehead atoms. The van der Waals surface area contributed by atoms with E-state index in [1.165, 1.54) is 17.4 Å². The number of rotatable bonds is 4. The summed E-state index contributed by atoms with van der Waals surface area (Å²) in [5.41, 5.74) is 3.58. The van der Waals surface area contributed by atoms with Crippen molar-refractivity contribution in [3.05, 3.63) is 29.6 Å². The molecule has 7 atom stereocenters. The maximum absolute atomic E-state index is 12.4. The Morgan fingerprint density at radius 3 is 2.59 bits per heavy atom. The van der Waals surface area contributed by atoms with Crippen LogP contribution in [0.4, 0.5) is 0 Å². The molecule has 0 unspecified atom stereocenters. The number of aromatic amines is 1. The van der Waals surface area contributed by atoms with Crippen LogP contribution in [0, 0.1) is 40.4 Å². The molecule has 2 fully saturated rings. The maximum Gasteiger partial charge on any atom is 0.124 e. The zero-order valence-corrected chi connectivity index (χ0v) is 16.8. The second-order valence-electron chi connectivity index (χ2n) is 9.95. The van der Waals surface area contributed by atoms with Gasteiger partial charge < -0.3 is 9.59 Å². The standard InChI is InChI=1S/C23H32N2O2/c1-14(2)18-5-6-19-17(13-27)20(7-8-22(18,19)3)23(4)10-15-11-24-25-21(15)9-16(23)12-26/h11-13,16-20H,1,5-10H2,2-4H3,(H,24,25)/t16-,17+,18-,19+,20+,22-,23+/m1/s1. The number of hydrogen-bond donors (Lipinski definition) is 1. The molecular weight excluding hydrogens is 336 g/mol. The van der Waals surface area contributed by atoms with Crippen LogP contribution in [-0.4, -0.2) is 22.8 Å². The van der Waals surface area contributed by atoms with Crippen molar-refractivity contribution >= 4 is 12.6 Å². The average Bonchev–Trinajstić information content (AvgIpc) is 3.22. The fraction of sp³-hybridized carbons (Fsp3) is 0.696. The van der Waals surface area contributed by atoms with Crippen molar-refractivity contribution in [1.82, 2.24) is 10.2 Å². The van der Waals surface area contributed by atoms with E-state index in [0.717, 1.165) is 44.1 Å². The summed E-state index contributed by atoms with van der Waals surface area (Å²) in [5.74, 6) is 1.17. The lowest BCUT2D eigenvalue weighted by Crippen LogP contribution is -2.52. The van der Waals surface area contributed by atoms with Crippen LogP contribution in [0.15, 0.2) is 18.3 Å². The summed E-state index contributed by atoms with van der Waals surface area (Å²) in [5, 5.41) is 7.26. The van der Waals surface area contributed by atoms with E-state index in [-0.39, 0.29) is 28.6 Å². The summed E-state index contributed by atoms with van der Waals surface area (Å²) in [6.45, 7) is 11.0. The highest BCUT2D eigenvalue weighted by molar-refractivity contribution is 5.60. The van der Waals surface area contributed by atoms with Crippen LogP contribution >= 0.6 is 0 Å². The third kappa shape index (κ3) is 2.59. The molecule has 0 aromatic carbocycles. The van der Waals surface area contributed by atoms with Crippen molar-refractivity contribution < 1.29 is 9.59 Å². The summed E-state index contributed by atoms with van der Waals surface area (Å²) in [7, 11) is 0. The van der Waals surface area contributed by atoms with Crippen molar-refractivity contribution in [2.75, 3.05) is 0 Å². The molecule has 4 nitrogen and oxygen atoms in total. The van der Waals surface area contributed by atoms with Gasteiger partial charge >= 0.3 is 0 Å². The van der Waals surface area contributed by atoms with Gasteiger partial charge in [0, 0.05) is 17.5 Å². The lowest BCUT2D eigenvalue weighted by molar-refractivity contribution is -0.131. The third-order valence-corrected chi connectivity index (χ3v) is 8.75. The van der Waals surface area contributed by atoms with E-state index in [1.54, 1.807) is 0 Å². The van der Waals surface area contributed by atoms with Gasteiger partial charge in [-0.05, 0) is 79.6 Å². The Bertz CT molecular complexity index is 768. The summed E-state index contributed by atoms with van der Waals surface area (Å²) >= 11 is 0. The van der Waals surface area contributed by atoms with E-state index in [4.69, 9.17) is 0 Å². The number of carbonyl (C=O) groups excluding carboxylic acids is 2. The molecule has 2 saturated carbocycles. The molecular formula is C23H32N2O2. The first-order chi connectivity index (χ1) is 12.8. The normalized spacial score (nSPS) is 43.6. The van der Waals surface area contributed by atoms with Gasteiger partial charge in [-0.25, -0.2) is 0 Å². The Morgan fingerprint density at radius 1 is 1.19 bits per heavy atom. The Kier molecular flexibility index (Phi) is 4.44. The fourth-order valence-corrected chi connectivity index (χ4v) is 7.23. The molecule has 27 heavy (non-hydrogen) atoms. The minimum Gasteiger partial charge on any atom is -0.303 e. The van der Waals surface area contributed by atoms with Crippen LogP contribution in [0.25, 0.3) is 0 Å². The number of allylic oxidation sites excluding steroid dienone is 1. The lowest BCUT2D eigenvalue weighted by Gasteiger charge is -2.54. The van der Waals surface area contributed by atoms with Gasteiger partial charge in [0.2, 0.25) is 0 Å². The molecule has 0 saturated heterocycles. The Balaban J connectivity index is 1.69. The van der Waals surface area contributed by atoms with Gasteiger partial charge in [0.1, 0.15) is 12.6 Å². The zero-order valence-electron chi connectivity index (χ0n) is 16.8. The predicted octanol–water partition coefficient (Wildman–Crippen LogP) is 4.16. The van der Waals surface area contributed by atoms with Crippen LogP contribution in [0.5, 0.6) is 0 Å². The summed E-state index contributed by atoms with van der Waals surface area (Å²) < 4.78 is 0. The van der Waals surface area contributed by atoms with Crippen LogP contribution in [0.1, 0.15) is 57.7 Å². The predicted molar refractivity (Wildman–Crippen MR) is 105 cm³/mol. The SMILES string of the molecule is C=C(C)[C@H]1CC[C@H]2[C@H](C=O)[C@@H]([C@@]3(C)Cc4cn[nH]c4C[C@@H]3C=O)CC[C@]12C. The topological polar surface area (TPSA) is 62.8 Å². The Labute approximate surface area is 162 Å². The maximum atomic E-state index is 12.4. The first-order valence-electron chi connectivity index (χ1n) is 10.4. The zero-order chi connectivity index (χ0) is 19.4. The van der Waals surface area contributed by atoms with Gasteiger partial charge in [0.15, 0.2) is 0 Å². The smallest absolute Gasteiger partial charge is 0.124 e. The van der Waals surface area contributed by atoms with Crippen LogP contribution in [0.2, 0.25) is 0 Å². The molecule has 0 radical (unpaired) electrons. The molecule has 0 aliphatic heterocycles. The highest BCUT2D eigenvalue weighted by atomic mass is 16.1. The van der Waals surface area contributed by atoms with Gasteiger partial charge in [-0.3, -0.25) is 5.10 Å². The number of aldehydes is 2. The van der Waals surface area contributed by atoms with E-state index in [9.17, 15) is 9.59 Å². The van der Waals surface area contributed by atoms with Gasteiger partial charge in [-0.1, -0.05) is 26.0 Å². The van der Waals surface area contributed by atoms with Crippen molar-refractivity contribution in [2.45, 2.75) is 59.3 Å². The molecule has 1 heterocycles. The molecule has 4 heteroatoms. The molecule has 3 aliphatic rings. The fourth-order valence-electron chi connectivity index (χ4n) is 7.23. The second kappa shape index (κ2) is 6.42. The first-order valence-corrected chi connectivity index (χ1v) is 10.4.